The second kappa shape index (κ2) is 6.88. The fourth-order valence-corrected chi connectivity index (χ4v) is 1.71. The van der Waals surface area contributed by atoms with Crippen LogP contribution in [0, 0.1) is 12.7 Å². The van der Waals surface area contributed by atoms with Crippen molar-refractivity contribution in [1.82, 2.24) is 4.90 Å². The van der Waals surface area contributed by atoms with Crippen molar-refractivity contribution in [3.63, 3.8) is 0 Å². The standard InChI is InChI=1S/C14H19FN2O3/c1-9-11(15)7-10(8-12(9)16)14(19)17(2)6-4-5-13(18)20-3/h7-8H,4-6,16H2,1-3H3. The summed E-state index contributed by atoms with van der Waals surface area (Å²) >= 11 is 0. The Labute approximate surface area is 117 Å². The lowest BCUT2D eigenvalue weighted by molar-refractivity contribution is -0.140. The van der Waals surface area contributed by atoms with Crippen LogP contribution in [0.4, 0.5) is 10.1 Å². The zero-order valence-electron chi connectivity index (χ0n) is 11.9. The summed E-state index contributed by atoms with van der Waals surface area (Å²) in [7, 11) is 2.91. The Balaban J connectivity index is 2.67. The Morgan fingerprint density at radius 1 is 1.40 bits per heavy atom. The summed E-state index contributed by atoms with van der Waals surface area (Å²) in [5.74, 6) is -1.16. The number of halogens is 1. The zero-order chi connectivity index (χ0) is 15.3. The molecule has 20 heavy (non-hydrogen) atoms. The van der Waals surface area contributed by atoms with Gasteiger partial charge in [0.2, 0.25) is 0 Å². The number of benzene rings is 1. The van der Waals surface area contributed by atoms with Crippen molar-refractivity contribution in [3.05, 3.63) is 29.1 Å². The lowest BCUT2D eigenvalue weighted by atomic mass is 10.1. The summed E-state index contributed by atoms with van der Waals surface area (Å²) in [5, 5.41) is 0. The van der Waals surface area contributed by atoms with E-state index < -0.39 is 5.82 Å². The number of amides is 1. The molecule has 2 N–H and O–H groups in total. The number of rotatable bonds is 5. The number of carbonyl (C=O) groups excluding carboxylic acids is 2. The second-order valence-corrected chi connectivity index (χ2v) is 4.58. The third kappa shape index (κ3) is 3.94. The van der Waals surface area contributed by atoms with E-state index in [2.05, 4.69) is 4.74 Å². The minimum atomic E-state index is -0.503. The number of nitrogens with zero attached hydrogens (tertiary/aromatic N) is 1. The topological polar surface area (TPSA) is 72.6 Å². The average Bonchev–Trinajstić information content (AvgIpc) is 2.42. The van der Waals surface area contributed by atoms with Crippen LogP contribution in [0.15, 0.2) is 12.1 Å². The third-order valence-electron chi connectivity index (χ3n) is 3.08. The summed E-state index contributed by atoms with van der Waals surface area (Å²) in [5.41, 5.74) is 6.42. The first-order chi connectivity index (χ1) is 9.36. The van der Waals surface area contributed by atoms with Crippen LogP contribution in [0.1, 0.15) is 28.8 Å². The largest absolute Gasteiger partial charge is 0.469 e. The molecule has 0 aliphatic heterocycles. The molecule has 1 amide bonds. The van der Waals surface area contributed by atoms with Gasteiger partial charge in [0.25, 0.3) is 5.91 Å². The van der Waals surface area contributed by atoms with Gasteiger partial charge in [-0.1, -0.05) is 0 Å². The zero-order valence-corrected chi connectivity index (χ0v) is 11.9. The summed E-state index contributed by atoms with van der Waals surface area (Å²) in [6.45, 7) is 1.93. The van der Waals surface area contributed by atoms with Crippen molar-refractivity contribution in [3.8, 4) is 0 Å². The second-order valence-electron chi connectivity index (χ2n) is 4.58. The molecule has 0 heterocycles. The van der Waals surface area contributed by atoms with E-state index in [0.29, 0.717) is 18.5 Å². The molecule has 110 valence electrons. The van der Waals surface area contributed by atoms with E-state index in [0.717, 1.165) is 0 Å². The monoisotopic (exact) mass is 282 g/mol. The molecular formula is C14H19FN2O3. The number of methoxy groups -OCH3 is 1. The fourth-order valence-electron chi connectivity index (χ4n) is 1.71. The molecule has 0 aliphatic rings. The number of anilines is 1. The number of carbonyl (C=O) groups is 2. The molecule has 5 nitrogen and oxygen atoms in total. The van der Waals surface area contributed by atoms with Crippen molar-refractivity contribution >= 4 is 17.6 Å². The molecule has 0 spiro atoms. The van der Waals surface area contributed by atoms with E-state index in [1.807, 2.05) is 0 Å². The molecule has 0 saturated heterocycles. The maximum atomic E-state index is 13.6. The molecule has 0 saturated carbocycles. The average molecular weight is 282 g/mol. The fraction of sp³-hybridized carbons (Fsp3) is 0.429. The minimum absolute atomic E-state index is 0.200. The van der Waals surface area contributed by atoms with E-state index >= 15 is 0 Å². The van der Waals surface area contributed by atoms with Crippen LogP contribution in [0.2, 0.25) is 0 Å². The van der Waals surface area contributed by atoms with Crippen LogP contribution in [-0.4, -0.2) is 37.5 Å². The van der Waals surface area contributed by atoms with Crippen LogP contribution in [0.3, 0.4) is 0 Å². The number of hydrogen-bond donors (Lipinski definition) is 1. The molecule has 0 aliphatic carbocycles. The highest BCUT2D eigenvalue weighted by Gasteiger charge is 2.15. The quantitative estimate of drug-likeness (QED) is 0.659. The number of nitrogen functional groups attached to an aromatic ring is 1. The molecule has 0 atom stereocenters. The number of hydrogen-bond acceptors (Lipinski definition) is 4. The van der Waals surface area contributed by atoms with Gasteiger partial charge in [-0.05, 0) is 25.5 Å². The van der Waals surface area contributed by atoms with Crippen molar-refractivity contribution in [2.24, 2.45) is 0 Å². The first-order valence-electron chi connectivity index (χ1n) is 6.24. The van der Waals surface area contributed by atoms with Crippen molar-refractivity contribution in [2.45, 2.75) is 19.8 Å². The van der Waals surface area contributed by atoms with Gasteiger partial charge in [-0.25, -0.2) is 4.39 Å². The van der Waals surface area contributed by atoms with Crippen molar-refractivity contribution < 1.29 is 18.7 Å². The van der Waals surface area contributed by atoms with E-state index in [1.165, 1.54) is 24.1 Å². The lowest BCUT2D eigenvalue weighted by Crippen LogP contribution is -2.28. The SMILES string of the molecule is COC(=O)CCCN(C)C(=O)c1cc(N)c(C)c(F)c1. The van der Waals surface area contributed by atoms with Gasteiger partial charge >= 0.3 is 5.97 Å². The van der Waals surface area contributed by atoms with Crippen LogP contribution in [0.5, 0.6) is 0 Å². The molecule has 0 fully saturated rings. The minimum Gasteiger partial charge on any atom is -0.469 e. The van der Waals surface area contributed by atoms with Gasteiger partial charge in [-0.2, -0.15) is 0 Å². The molecule has 0 unspecified atom stereocenters. The Hall–Kier alpha value is -2.11. The normalized spacial score (nSPS) is 10.2. The van der Waals surface area contributed by atoms with Crippen LogP contribution >= 0.6 is 0 Å². The Morgan fingerprint density at radius 3 is 2.60 bits per heavy atom. The van der Waals surface area contributed by atoms with Gasteiger partial charge in [0.1, 0.15) is 5.82 Å². The molecule has 0 radical (unpaired) electrons. The molecule has 6 heteroatoms. The molecule has 0 aromatic heterocycles. The first kappa shape index (κ1) is 15.9. The predicted octanol–water partition coefficient (Wildman–Crippen LogP) is 1.74. The summed E-state index contributed by atoms with van der Waals surface area (Å²) < 4.78 is 18.1. The van der Waals surface area contributed by atoms with E-state index in [1.54, 1.807) is 14.0 Å². The highest BCUT2D eigenvalue weighted by Crippen LogP contribution is 2.18. The highest BCUT2D eigenvalue weighted by molar-refractivity contribution is 5.95. The van der Waals surface area contributed by atoms with Gasteiger partial charge in [0.05, 0.1) is 7.11 Å². The molecule has 1 aromatic carbocycles. The van der Waals surface area contributed by atoms with Crippen molar-refractivity contribution in [1.29, 1.82) is 0 Å². The van der Waals surface area contributed by atoms with Gasteiger partial charge in [0.15, 0.2) is 0 Å². The van der Waals surface area contributed by atoms with E-state index in [9.17, 15) is 14.0 Å². The van der Waals surface area contributed by atoms with Crippen LogP contribution in [0.25, 0.3) is 0 Å². The maximum absolute atomic E-state index is 13.6. The smallest absolute Gasteiger partial charge is 0.305 e. The Morgan fingerprint density at radius 2 is 2.05 bits per heavy atom. The highest BCUT2D eigenvalue weighted by atomic mass is 19.1. The number of esters is 1. The third-order valence-corrected chi connectivity index (χ3v) is 3.08. The predicted molar refractivity (Wildman–Crippen MR) is 73.8 cm³/mol. The van der Waals surface area contributed by atoms with E-state index in [-0.39, 0.29) is 29.5 Å². The summed E-state index contributed by atoms with van der Waals surface area (Å²) in [6, 6.07) is 2.63. The van der Waals surface area contributed by atoms with Crippen LogP contribution < -0.4 is 5.73 Å². The first-order valence-corrected chi connectivity index (χ1v) is 6.24. The summed E-state index contributed by atoms with van der Waals surface area (Å²) in [6.07, 6.45) is 0.720. The van der Waals surface area contributed by atoms with Gasteiger partial charge in [-0.15, -0.1) is 0 Å². The van der Waals surface area contributed by atoms with E-state index in [4.69, 9.17) is 5.73 Å². The lowest BCUT2D eigenvalue weighted by Gasteiger charge is -2.17. The van der Waals surface area contributed by atoms with Gasteiger partial charge in [-0.3, -0.25) is 9.59 Å². The summed E-state index contributed by atoms with van der Waals surface area (Å²) in [4.78, 5) is 24.5. The molecule has 0 bridgehead atoms. The van der Waals surface area contributed by atoms with Gasteiger partial charge < -0.3 is 15.4 Å². The maximum Gasteiger partial charge on any atom is 0.305 e. The Bertz CT molecular complexity index is 494. The number of ether oxygens (including phenoxy) is 1. The van der Waals surface area contributed by atoms with Crippen molar-refractivity contribution in [2.75, 3.05) is 26.4 Å². The molecule has 1 rings (SSSR count). The molecule has 1 aromatic rings. The van der Waals surface area contributed by atoms with Crippen LogP contribution in [-0.2, 0) is 9.53 Å². The van der Waals surface area contributed by atoms with Gasteiger partial charge in [0, 0.05) is 36.8 Å². The number of nitrogens with two attached hydrogens (primary N) is 1. The molecular weight excluding hydrogens is 263 g/mol. The Kier molecular flexibility index (Phi) is 5.49.